The molecule has 0 aliphatic carbocycles. The number of rotatable bonds is 3. The number of nitrogens with zero attached hydrogens (tertiary/aromatic N) is 1. The number of benzene rings is 1. The Hall–Kier alpha value is -1.43. The number of halogens is 3. The van der Waals surface area contributed by atoms with E-state index in [0.717, 1.165) is 25.5 Å². The molecule has 1 saturated heterocycles. The molecule has 0 bridgehead atoms. The van der Waals surface area contributed by atoms with Gasteiger partial charge in [-0.05, 0) is 25.0 Å². The number of hydrogen-bond donors (Lipinski definition) is 1. The molecule has 0 amide bonds. The Morgan fingerprint density at radius 3 is 2.78 bits per heavy atom. The first-order chi connectivity index (χ1) is 8.56. The lowest BCUT2D eigenvalue weighted by Gasteiger charge is -2.32. The Morgan fingerprint density at radius 1 is 1.39 bits per heavy atom. The summed E-state index contributed by atoms with van der Waals surface area (Å²) in [4.78, 5) is 1.83. The molecule has 1 aromatic carbocycles. The van der Waals surface area contributed by atoms with Crippen LogP contribution in [0.3, 0.4) is 0 Å². The molecule has 1 aromatic rings. The summed E-state index contributed by atoms with van der Waals surface area (Å²) in [5, 5.41) is 0. The van der Waals surface area contributed by atoms with Gasteiger partial charge in [0.05, 0.1) is 5.69 Å². The Labute approximate surface area is 103 Å². The fourth-order valence-electron chi connectivity index (χ4n) is 2.15. The summed E-state index contributed by atoms with van der Waals surface area (Å²) in [6, 6.07) is 3.78. The van der Waals surface area contributed by atoms with Crippen LogP contribution >= 0.6 is 0 Å². The molecule has 1 atom stereocenters. The first-order valence-corrected chi connectivity index (χ1v) is 5.81. The quantitative estimate of drug-likeness (QED) is 0.906. The van der Waals surface area contributed by atoms with Crippen LogP contribution in [0.25, 0.3) is 0 Å². The number of hydrogen-bond acceptors (Lipinski definition) is 3. The number of ether oxygens (including phenoxy) is 1. The van der Waals surface area contributed by atoms with E-state index in [1.165, 1.54) is 12.1 Å². The van der Waals surface area contributed by atoms with Crippen molar-refractivity contribution < 1.29 is 17.9 Å². The van der Waals surface area contributed by atoms with E-state index in [-0.39, 0.29) is 11.8 Å². The van der Waals surface area contributed by atoms with E-state index in [4.69, 9.17) is 5.73 Å². The second kappa shape index (κ2) is 5.48. The largest absolute Gasteiger partial charge is 0.435 e. The molecule has 1 fully saturated rings. The molecule has 1 unspecified atom stereocenters. The topological polar surface area (TPSA) is 38.5 Å². The predicted molar refractivity (Wildman–Crippen MR) is 62.5 cm³/mol. The van der Waals surface area contributed by atoms with E-state index in [2.05, 4.69) is 4.74 Å². The van der Waals surface area contributed by atoms with E-state index in [0.29, 0.717) is 12.2 Å². The molecule has 2 N–H and O–H groups in total. The van der Waals surface area contributed by atoms with Gasteiger partial charge >= 0.3 is 6.61 Å². The highest BCUT2D eigenvalue weighted by Crippen LogP contribution is 2.27. The Morgan fingerprint density at radius 2 is 2.17 bits per heavy atom. The maximum Gasteiger partial charge on any atom is 0.387 e. The molecular weight excluding hydrogens is 245 g/mol. The number of alkyl halides is 2. The van der Waals surface area contributed by atoms with Crippen LogP contribution in [0.4, 0.5) is 18.9 Å². The van der Waals surface area contributed by atoms with Crippen molar-refractivity contribution in [1.82, 2.24) is 0 Å². The van der Waals surface area contributed by atoms with Crippen LogP contribution in [0.1, 0.15) is 12.8 Å². The van der Waals surface area contributed by atoms with Crippen LogP contribution < -0.4 is 15.4 Å². The van der Waals surface area contributed by atoms with Crippen LogP contribution in [-0.4, -0.2) is 25.7 Å². The Balaban J connectivity index is 2.13. The third-order valence-corrected chi connectivity index (χ3v) is 2.94. The third-order valence-electron chi connectivity index (χ3n) is 2.94. The van der Waals surface area contributed by atoms with Gasteiger partial charge in [-0.3, -0.25) is 0 Å². The van der Waals surface area contributed by atoms with Crippen LogP contribution in [0.2, 0.25) is 0 Å². The highest BCUT2D eigenvalue weighted by atomic mass is 19.3. The Kier molecular flexibility index (Phi) is 3.96. The maximum atomic E-state index is 13.8. The predicted octanol–water partition coefficient (Wildman–Crippen LogP) is 2.35. The molecule has 0 aromatic heterocycles. The lowest BCUT2D eigenvalue weighted by Crippen LogP contribution is -2.43. The number of nitrogens with two attached hydrogens (primary N) is 1. The molecule has 18 heavy (non-hydrogen) atoms. The molecule has 3 nitrogen and oxygen atoms in total. The minimum atomic E-state index is -2.95. The standard InChI is InChI=1S/C12H15F3N2O/c13-10-6-9(18-12(14)15)3-4-11(10)17-5-1-2-8(16)7-17/h3-4,6,8,12H,1-2,5,7,16H2. The van der Waals surface area contributed by atoms with Crippen LogP contribution in [0.15, 0.2) is 18.2 Å². The SMILES string of the molecule is NC1CCCN(c2ccc(OC(F)F)cc2F)C1. The van der Waals surface area contributed by atoms with E-state index >= 15 is 0 Å². The van der Waals surface area contributed by atoms with Crippen LogP contribution in [0.5, 0.6) is 5.75 Å². The molecular formula is C12H15F3N2O. The average Bonchev–Trinajstić information content (AvgIpc) is 2.28. The zero-order valence-corrected chi connectivity index (χ0v) is 9.78. The minimum Gasteiger partial charge on any atom is -0.435 e. The highest BCUT2D eigenvalue weighted by Gasteiger charge is 2.20. The van der Waals surface area contributed by atoms with Crippen molar-refractivity contribution in [2.75, 3.05) is 18.0 Å². The van der Waals surface area contributed by atoms with Crippen LogP contribution in [-0.2, 0) is 0 Å². The lowest BCUT2D eigenvalue weighted by molar-refractivity contribution is -0.0499. The van der Waals surface area contributed by atoms with E-state index < -0.39 is 12.4 Å². The summed E-state index contributed by atoms with van der Waals surface area (Å²) in [6.45, 7) is -1.65. The molecule has 0 radical (unpaired) electrons. The van der Waals surface area contributed by atoms with Crippen molar-refractivity contribution in [3.63, 3.8) is 0 Å². The fourth-order valence-corrected chi connectivity index (χ4v) is 2.15. The van der Waals surface area contributed by atoms with E-state index in [9.17, 15) is 13.2 Å². The molecule has 2 rings (SSSR count). The third kappa shape index (κ3) is 3.07. The van der Waals surface area contributed by atoms with Gasteiger partial charge in [0.1, 0.15) is 11.6 Å². The molecule has 1 aliphatic heterocycles. The van der Waals surface area contributed by atoms with Gasteiger partial charge in [0, 0.05) is 25.2 Å². The monoisotopic (exact) mass is 260 g/mol. The van der Waals surface area contributed by atoms with Gasteiger partial charge in [-0.25, -0.2) is 4.39 Å². The van der Waals surface area contributed by atoms with Gasteiger partial charge in [0.25, 0.3) is 0 Å². The average molecular weight is 260 g/mol. The molecule has 0 saturated carbocycles. The smallest absolute Gasteiger partial charge is 0.387 e. The van der Waals surface area contributed by atoms with E-state index in [1.54, 1.807) is 0 Å². The Bertz CT molecular complexity index is 414. The normalized spacial score (nSPS) is 20.3. The van der Waals surface area contributed by atoms with Crippen molar-refractivity contribution in [2.45, 2.75) is 25.5 Å². The summed E-state index contributed by atoms with van der Waals surface area (Å²) in [5.74, 6) is -0.741. The molecule has 6 heteroatoms. The van der Waals surface area contributed by atoms with Crippen molar-refractivity contribution >= 4 is 5.69 Å². The summed E-state index contributed by atoms with van der Waals surface area (Å²) >= 11 is 0. The van der Waals surface area contributed by atoms with Crippen molar-refractivity contribution in [3.8, 4) is 5.75 Å². The molecule has 1 aliphatic rings. The van der Waals surface area contributed by atoms with Gasteiger partial charge in [-0.1, -0.05) is 0 Å². The zero-order chi connectivity index (χ0) is 13.1. The fraction of sp³-hybridized carbons (Fsp3) is 0.500. The van der Waals surface area contributed by atoms with E-state index in [1.807, 2.05) is 4.90 Å². The minimum absolute atomic E-state index is 0.0233. The number of piperidine rings is 1. The first-order valence-electron chi connectivity index (χ1n) is 5.81. The maximum absolute atomic E-state index is 13.8. The second-order valence-electron chi connectivity index (χ2n) is 4.34. The molecule has 100 valence electrons. The van der Waals surface area contributed by atoms with Crippen molar-refractivity contribution in [2.24, 2.45) is 5.73 Å². The molecule has 0 spiro atoms. The molecule has 1 heterocycles. The van der Waals surface area contributed by atoms with Gasteiger partial charge < -0.3 is 15.4 Å². The number of anilines is 1. The zero-order valence-electron chi connectivity index (χ0n) is 9.78. The summed E-state index contributed by atoms with van der Waals surface area (Å²) in [5.41, 5.74) is 6.20. The summed E-state index contributed by atoms with van der Waals surface area (Å²) in [6.07, 6.45) is 1.82. The van der Waals surface area contributed by atoms with Crippen LogP contribution in [0, 0.1) is 5.82 Å². The summed E-state index contributed by atoms with van der Waals surface area (Å²) < 4.78 is 41.9. The van der Waals surface area contributed by atoms with Crippen molar-refractivity contribution in [1.29, 1.82) is 0 Å². The van der Waals surface area contributed by atoms with Gasteiger partial charge in [-0.2, -0.15) is 8.78 Å². The lowest BCUT2D eigenvalue weighted by atomic mass is 10.1. The van der Waals surface area contributed by atoms with Gasteiger partial charge in [0.15, 0.2) is 0 Å². The first kappa shape index (κ1) is 13.0. The van der Waals surface area contributed by atoms with Gasteiger partial charge in [-0.15, -0.1) is 0 Å². The second-order valence-corrected chi connectivity index (χ2v) is 4.34. The highest BCUT2D eigenvalue weighted by molar-refractivity contribution is 5.51. The summed E-state index contributed by atoms with van der Waals surface area (Å²) in [7, 11) is 0. The van der Waals surface area contributed by atoms with Crippen molar-refractivity contribution in [3.05, 3.63) is 24.0 Å². The van der Waals surface area contributed by atoms with Gasteiger partial charge in [0.2, 0.25) is 0 Å².